The standard InChI is InChI=1S/C7H10N2O/c1-5(10)4-6-2-3-7(8)9-6/h3H,2,4,8H2,1H3. The fourth-order valence-electron chi connectivity index (χ4n) is 0.895. The van der Waals surface area contributed by atoms with E-state index >= 15 is 0 Å². The lowest BCUT2D eigenvalue weighted by Crippen LogP contribution is -2.01. The second kappa shape index (κ2) is 2.64. The van der Waals surface area contributed by atoms with E-state index in [1.54, 1.807) is 6.92 Å². The summed E-state index contributed by atoms with van der Waals surface area (Å²) in [6, 6.07) is 0. The van der Waals surface area contributed by atoms with E-state index in [4.69, 9.17) is 5.73 Å². The molecule has 0 aromatic carbocycles. The zero-order valence-corrected chi connectivity index (χ0v) is 5.92. The lowest BCUT2D eigenvalue weighted by atomic mass is 10.2. The summed E-state index contributed by atoms with van der Waals surface area (Å²) in [4.78, 5) is 14.5. The van der Waals surface area contributed by atoms with Crippen LogP contribution in [0.4, 0.5) is 0 Å². The van der Waals surface area contributed by atoms with Crippen molar-refractivity contribution in [3.05, 3.63) is 11.9 Å². The molecule has 0 saturated heterocycles. The first-order chi connectivity index (χ1) is 4.68. The van der Waals surface area contributed by atoms with Crippen LogP contribution in [0.15, 0.2) is 16.9 Å². The Morgan fingerprint density at radius 3 is 3.00 bits per heavy atom. The predicted molar refractivity (Wildman–Crippen MR) is 39.6 cm³/mol. The van der Waals surface area contributed by atoms with Crippen molar-refractivity contribution in [3.63, 3.8) is 0 Å². The van der Waals surface area contributed by atoms with Crippen LogP contribution in [0.5, 0.6) is 0 Å². The minimum absolute atomic E-state index is 0.141. The number of carbonyl (C=O) groups excluding carboxylic acids is 1. The topological polar surface area (TPSA) is 55.5 Å². The lowest BCUT2D eigenvalue weighted by Gasteiger charge is -1.92. The van der Waals surface area contributed by atoms with Crippen molar-refractivity contribution in [2.75, 3.05) is 0 Å². The Labute approximate surface area is 59.6 Å². The molecule has 0 aromatic rings. The molecule has 0 amide bonds. The molecule has 1 aliphatic rings. The Morgan fingerprint density at radius 2 is 2.60 bits per heavy atom. The molecule has 2 N–H and O–H groups in total. The van der Waals surface area contributed by atoms with E-state index in [-0.39, 0.29) is 5.78 Å². The molecule has 1 heterocycles. The summed E-state index contributed by atoms with van der Waals surface area (Å²) in [7, 11) is 0. The van der Waals surface area contributed by atoms with E-state index in [2.05, 4.69) is 4.99 Å². The number of nitrogens with zero attached hydrogens (tertiary/aromatic N) is 1. The van der Waals surface area contributed by atoms with Crippen LogP contribution in [0.3, 0.4) is 0 Å². The Balaban J connectivity index is 2.48. The normalized spacial score (nSPS) is 16.5. The molecule has 1 rings (SSSR count). The van der Waals surface area contributed by atoms with E-state index < -0.39 is 0 Å². The highest BCUT2D eigenvalue weighted by Crippen LogP contribution is 2.07. The lowest BCUT2D eigenvalue weighted by molar-refractivity contribution is -0.115. The third-order valence-corrected chi connectivity index (χ3v) is 1.29. The Hall–Kier alpha value is -1.12. The molecule has 0 spiro atoms. The van der Waals surface area contributed by atoms with Crippen LogP contribution in [0.1, 0.15) is 19.8 Å². The first kappa shape index (κ1) is 6.99. The summed E-state index contributed by atoms with van der Waals surface area (Å²) in [5.41, 5.74) is 6.24. The summed E-state index contributed by atoms with van der Waals surface area (Å²) < 4.78 is 0. The molecular weight excluding hydrogens is 128 g/mol. The van der Waals surface area contributed by atoms with Gasteiger partial charge in [0.1, 0.15) is 11.6 Å². The van der Waals surface area contributed by atoms with Gasteiger partial charge < -0.3 is 5.73 Å². The van der Waals surface area contributed by atoms with Gasteiger partial charge in [-0.15, -0.1) is 0 Å². The maximum Gasteiger partial charge on any atom is 0.135 e. The van der Waals surface area contributed by atoms with E-state index in [0.717, 1.165) is 12.1 Å². The predicted octanol–water partition coefficient (Wildman–Crippen LogP) is 0.610. The van der Waals surface area contributed by atoms with Gasteiger partial charge in [-0.2, -0.15) is 0 Å². The molecule has 3 heteroatoms. The fraction of sp³-hybridized carbons (Fsp3) is 0.429. The van der Waals surface area contributed by atoms with Crippen LogP contribution < -0.4 is 5.73 Å². The Morgan fingerprint density at radius 1 is 1.90 bits per heavy atom. The van der Waals surface area contributed by atoms with Crippen molar-refractivity contribution >= 4 is 11.5 Å². The van der Waals surface area contributed by atoms with Gasteiger partial charge in [-0.1, -0.05) is 0 Å². The zero-order chi connectivity index (χ0) is 7.56. The minimum atomic E-state index is 0.141. The molecule has 1 aliphatic heterocycles. The van der Waals surface area contributed by atoms with Crippen molar-refractivity contribution in [3.8, 4) is 0 Å². The summed E-state index contributed by atoms with van der Waals surface area (Å²) in [5.74, 6) is 0.679. The molecule has 0 radical (unpaired) electrons. The second-order valence-corrected chi connectivity index (χ2v) is 2.39. The van der Waals surface area contributed by atoms with Crippen LogP contribution in [-0.2, 0) is 4.79 Å². The molecular formula is C7H10N2O. The molecule has 3 nitrogen and oxygen atoms in total. The third kappa shape index (κ3) is 1.69. The number of nitrogens with two attached hydrogens (primary N) is 1. The minimum Gasteiger partial charge on any atom is -0.384 e. The maximum absolute atomic E-state index is 10.6. The van der Waals surface area contributed by atoms with Gasteiger partial charge in [-0.25, -0.2) is 4.99 Å². The van der Waals surface area contributed by atoms with Gasteiger partial charge in [0.25, 0.3) is 0 Å². The summed E-state index contributed by atoms with van der Waals surface area (Å²) >= 11 is 0. The van der Waals surface area contributed by atoms with Gasteiger partial charge in [-0.3, -0.25) is 4.79 Å². The van der Waals surface area contributed by atoms with E-state index in [1.807, 2.05) is 6.08 Å². The number of hydrogen-bond donors (Lipinski definition) is 1. The molecule has 0 saturated carbocycles. The van der Waals surface area contributed by atoms with Crippen molar-refractivity contribution in [2.45, 2.75) is 19.8 Å². The highest BCUT2D eigenvalue weighted by Gasteiger charge is 2.07. The van der Waals surface area contributed by atoms with Gasteiger partial charge in [0, 0.05) is 18.6 Å². The molecule has 10 heavy (non-hydrogen) atoms. The van der Waals surface area contributed by atoms with Gasteiger partial charge in [-0.05, 0) is 13.0 Å². The highest BCUT2D eigenvalue weighted by molar-refractivity contribution is 6.02. The molecule has 54 valence electrons. The van der Waals surface area contributed by atoms with E-state index in [9.17, 15) is 4.79 Å². The molecule has 0 aromatic heterocycles. The number of hydrogen-bond acceptors (Lipinski definition) is 3. The van der Waals surface area contributed by atoms with Crippen LogP contribution in [0, 0.1) is 0 Å². The van der Waals surface area contributed by atoms with Crippen molar-refractivity contribution in [1.29, 1.82) is 0 Å². The summed E-state index contributed by atoms with van der Waals surface area (Å²) in [6.07, 6.45) is 3.00. The Bertz CT molecular complexity index is 216. The molecule has 0 atom stereocenters. The number of rotatable bonds is 2. The largest absolute Gasteiger partial charge is 0.384 e. The van der Waals surface area contributed by atoms with Crippen LogP contribution in [-0.4, -0.2) is 11.5 Å². The average Bonchev–Trinajstić information content (AvgIpc) is 2.13. The zero-order valence-electron chi connectivity index (χ0n) is 5.92. The number of Topliss-reactive ketones (excluding diaryl/α,β-unsaturated/α-hetero) is 1. The smallest absolute Gasteiger partial charge is 0.135 e. The number of aliphatic imine (C=N–C) groups is 1. The number of allylic oxidation sites excluding steroid dienone is 1. The van der Waals surface area contributed by atoms with E-state index in [1.165, 1.54) is 0 Å². The summed E-state index contributed by atoms with van der Waals surface area (Å²) in [5, 5.41) is 0. The molecule has 0 fully saturated rings. The first-order valence-corrected chi connectivity index (χ1v) is 3.20. The Kier molecular flexibility index (Phi) is 1.85. The van der Waals surface area contributed by atoms with Crippen LogP contribution in [0.25, 0.3) is 0 Å². The first-order valence-electron chi connectivity index (χ1n) is 3.20. The monoisotopic (exact) mass is 138 g/mol. The van der Waals surface area contributed by atoms with Gasteiger partial charge >= 0.3 is 0 Å². The highest BCUT2D eigenvalue weighted by atomic mass is 16.1. The summed E-state index contributed by atoms with van der Waals surface area (Å²) in [6.45, 7) is 1.55. The quantitative estimate of drug-likeness (QED) is 0.607. The third-order valence-electron chi connectivity index (χ3n) is 1.29. The number of ketones is 1. The van der Waals surface area contributed by atoms with Gasteiger partial charge in [0.15, 0.2) is 0 Å². The second-order valence-electron chi connectivity index (χ2n) is 2.39. The van der Waals surface area contributed by atoms with Gasteiger partial charge in [0.05, 0.1) is 0 Å². The average molecular weight is 138 g/mol. The van der Waals surface area contributed by atoms with Crippen molar-refractivity contribution < 1.29 is 4.79 Å². The molecule has 0 unspecified atom stereocenters. The molecule has 0 aliphatic carbocycles. The van der Waals surface area contributed by atoms with Crippen LogP contribution in [0.2, 0.25) is 0 Å². The van der Waals surface area contributed by atoms with E-state index in [0.29, 0.717) is 12.2 Å². The molecule has 0 bridgehead atoms. The fourth-order valence-corrected chi connectivity index (χ4v) is 0.895. The van der Waals surface area contributed by atoms with Gasteiger partial charge in [0.2, 0.25) is 0 Å². The van der Waals surface area contributed by atoms with Crippen molar-refractivity contribution in [1.82, 2.24) is 0 Å². The maximum atomic E-state index is 10.6. The van der Waals surface area contributed by atoms with Crippen molar-refractivity contribution in [2.24, 2.45) is 10.7 Å². The SMILES string of the molecule is CC(=O)CC1=NC(N)=CC1. The number of carbonyl (C=O) groups is 1. The van der Waals surface area contributed by atoms with Crippen LogP contribution >= 0.6 is 0 Å².